The molecule has 0 aliphatic rings. The van der Waals surface area contributed by atoms with Gasteiger partial charge < -0.3 is 15.1 Å². The zero-order valence-electron chi connectivity index (χ0n) is 13.0. The molecule has 25 heavy (non-hydrogen) atoms. The van der Waals surface area contributed by atoms with E-state index >= 15 is 0 Å². The molecule has 0 fully saturated rings. The highest BCUT2D eigenvalue weighted by Gasteiger charge is 2.09. The van der Waals surface area contributed by atoms with Crippen molar-refractivity contribution in [3.05, 3.63) is 65.3 Å². The van der Waals surface area contributed by atoms with Gasteiger partial charge in [0.05, 0.1) is 0 Å². The zero-order chi connectivity index (χ0) is 17.6. The number of urea groups is 1. The number of aromatic nitrogens is 2. The van der Waals surface area contributed by atoms with E-state index in [1.165, 1.54) is 12.1 Å². The largest absolute Gasteiger partial charge is 0.421 e. The Morgan fingerprint density at radius 3 is 2.72 bits per heavy atom. The van der Waals surface area contributed by atoms with Gasteiger partial charge in [-0.3, -0.25) is 0 Å². The summed E-state index contributed by atoms with van der Waals surface area (Å²) in [6.45, 7) is 0.317. The second-order valence-corrected chi connectivity index (χ2v) is 5.59. The maximum absolute atomic E-state index is 12.9. The van der Waals surface area contributed by atoms with Gasteiger partial charge >= 0.3 is 6.03 Å². The quantitative estimate of drug-likeness (QED) is 0.723. The Bertz CT molecular complexity index is 867. The number of nitrogens with zero attached hydrogens (tertiary/aromatic N) is 2. The standard InChI is InChI=1S/C17H14ClFN4O2/c18-12-2-1-3-14(10-12)21-17(24)20-9-8-15-22-23-16(25-15)11-4-6-13(19)7-5-11/h1-7,10H,8-9H2,(H2,20,21,24). The van der Waals surface area contributed by atoms with Crippen LogP contribution in [0.15, 0.2) is 52.9 Å². The predicted molar refractivity (Wildman–Crippen MR) is 91.9 cm³/mol. The SMILES string of the molecule is O=C(NCCc1nnc(-c2ccc(F)cc2)o1)Nc1cccc(Cl)c1. The van der Waals surface area contributed by atoms with E-state index in [2.05, 4.69) is 20.8 Å². The van der Waals surface area contributed by atoms with Crippen molar-refractivity contribution in [3.8, 4) is 11.5 Å². The van der Waals surface area contributed by atoms with Crippen LogP contribution in [0.1, 0.15) is 5.89 Å². The molecule has 0 atom stereocenters. The first kappa shape index (κ1) is 16.9. The molecular formula is C17H14ClFN4O2. The van der Waals surface area contributed by atoms with Crippen LogP contribution in [-0.4, -0.2) is 22.8 Å². The first-order chi connectivity index (χ1) is 12.1. The number of hydrogen-bond acceptors (Lipinski definition) is 4. The maximum Gasteiger partial charge on any atom is 0.319 e. The molecule has 1 heterocycles. The fourth-order valence-corrected chi connectivity index (χ4v) is 2.28. The van der Waals surface area contributed by atoms with Gasteiger partial charge in [0.15, 0.2) is 0 Å². The van der Waals surface area contributed by atoms with E-state index < -0.39 is 0 Å². The van der Waals surface area contributed by atoms with Crippen molar-refractivity contribution < 1.29 is 13.6 Å². The van der Waals surface area contributed by atoms with Crippen molar-refractivity contribution in [2.24, 2.45) is 0 Å². The third-order valence-electron chi connectivity index (χ3n) is 3.26. The van der Waals surface area contributed by atoms with Gasteiger partial charge in [0.2, 0.25) is 11.8 Å². The van der Waals surface area contributed by atoms with Gasteiger partial charge in [-0.1, -0.05) is 17.7 Å². The van der Waals surface area contributed by atoms with Crippen molar-refractivity contribution in [3.63, 3.8) is 0 Å². The maximum atomic E-state index is 12.9. The van der Waals surface area contributed by atoms with Crippen molar-refractivity contribution in [1.82, 2.24) is 15.5 Å². The number of hydrogen-bond donors (Lipinski definition) is 2. The van der Waals surface area contributed by atoms with E-state index in [1.807, 2.05) is 0 Å². The molecule has 3 rings (SSSR count). The smallest absolute Gasteiger partial charge is 0.319 e. The molecule has 0 spiro atoms. The lowest BCUT2D eigenvalue weighted by Crippen LogP contribution is -2.30. The van der Waals surface area contributed by atoms with Crippen molar-refractivity contribution in [1.29, 1.82) is 0 Å². The normalized spacial score (nSPS) is 10.5. The molecule has 0 aliphatic heterocycles. The van der Waals surface area contributed by atoms with Crippen molar-refractivity contribution >= 4 is 23.3 Å². The van der Waals surface area contributed by atoms with Gasteiger partial charge in [0.25, 0.3) is 0 Å². The van der Waals surface area contributed by atoms with E-state index in [-0.39, 0.29) is 11.8 Å². The topological polar surface area (TPSA) is 80.1 Å². The number of benzene rings is 2. The Balaban J connectivity index is 1.49. The molecule has 2 aromatic carbocycles. The highest BCUT2D eigenvalue weighted by molar-refractivity contribution is 6.30. The molecule has 3 aromatic rings. The zero-order valence-corrected chi connectivity index (χ0v) is 13.8. The van der Waals surface area contributed by atoms with Gasteiger partial charge in [0.1, 0.15) is 5.82 Å². The molecular weight excluding hydrogens is 347 g/mol. The van der Waals surface area contributed by atoms with Crippen LogP contribution < -0.4 is 10.6 Å². The Morgan fingerprint density at radius 1 is 1.16 bits per heavy atom. The summed E-state index contributed by atoms with van der Waals surface area (Å²) in [5.41, 5.74) is 1.23. The monoisotopic (exact) mass is 360 g/mol. The molecule has 8 heteroatoms. The second-order valence-electron chi connectivity index (χ2n) is 5.15. The third-order valence-corrected chi connectivity index (χ3v) is 3.50. The summed E-state index contributed by atoms with van der Waals surface area (Å²) in [7, 11) is 0. The van der Waals surface area contributed by atoms with Gasteiger partial charge in [-0.25, -0.2) is 9.18 Å². The van der Waals surface area contributed by atoms with Crippen LogP contribution in [0.5, 0.6) is 0 Å². The summed E-state index contributed by atoms with van der Waals surface area (Å²) in [4.78, 5) is 11.8. The van der Waals surface area contributed by atoms with Crippen LogP contribution in [0.2, 0.25) is 5.02 Å². The minimum atomic E-state index is -0.361. The Kier molecular flexibility index (Phi) is 5.25. The summed E-state index contributed by atoms with van der Waals surface area (Å²) in [5, 5.41) is 13.7. The first-order valence-corrected chi connectivity index (χ1v) is 7.87. The van der Waals surface area contributed by atoms with E-state index in [4.69, 9.17) is 16.0 Å². The number of rotatable bonds is 5. The highest BCUT2D eigenvalue weighted by Crippen LogP contribution is 2.18. The molecule has 2 N–H and O–H groups in total. The average molecular weight is 361 g/mol. The third kappa shape index (κ3) is 4.77. The Hall–Kier alpha value is -2.93. The number of carbonyl (C=O) groups is 1. The second kappa shape index (κ2) is 7.76. The summed E-state index contributed by atoms with van der Waals surface area (Å²) in [6, 6.07) is 12.2. The lowest BCUT2D eigenvalue weighted by Gasteiger charge is -2.06. The highest BCUT2D eigenvalue weighted by atomic mass is 35.5. The van der Waals surface area contributed by atoms with Gasteiger partial charge in [-0.15, -0.1) is 10.2 Å². The lowest BCUT2D eigenvalue weighted by atomic mass is 10.2. The van der Waals surface area contributed by atoms with E-state index in [0.29, 0.717) is 41.0 Å². The van der Waals surface area contributed by atoms with E-state index in [1.54, 1.807) is 36.4 Å². The Labute approximate surface area is 148 Å². The minimum absolute atomic E-state index is 0.304. The molecule has 128 valence electrons. The minimum Gasteiger partial charge on any atom is -0.421 e. The summed E-state index contributed by atoms with van der Waals surface area (Å²) < 4.78 is 18.4. The van der Waals surface area contributed by atoms with Gasteiger partial charge in [0, 0.05) is 29.2 Å². The molecule has 0 aliphatic carbocycles. The number of carbonyl (C=O) groups excluding carboxylic acids is 1. The molecule has 0 bridgehead atoms. The van der Waals surface area contributed by atoms with Crippen molar-refractivity contribution in [2.45, 2.75) is 6.42 Å². The van der Waals surface area contributed by atoms with Crippen LogP contribution in [0.25, 0.3) is 11.5 Å². The molecule has 2 amide bonds. The predicted octanol–water partition coefficient (Wildman–Crippen LogP) is 3.89. The lowest BCUT2D eigenvalue weighted by molar-refractivity contribution is 0.252. The van der Waals surface area contributed by atoms with Crippen molar-refractivity contribution in [2.75, 3.05) is 11.9 Å². The van der Waals surface area contributed by atoms with Gasteiger partial charge in [-0.05, 0) is 42.5 Å². The fraction of sp³-hybridized carbons (Fsp3) is 0.118. The average Bonchev–Trinajstić information content (AvgIpc) is 3.04. The number of amides is 2. The first-order valence-electron chi connectivity index (χ1n) is 7.49. The molecule has 1 aromatic heterocycles. The summed E-state index contributed by atoms with van der Waals surface area (Å²) >= 11 is 5.85. The Morgan fingerprint density at radius 2 is 1.96 bits per heavy atom. The molecule has 0 saturated carbocycles. The van der Waals surface area contributed by atoms with E-state index in [0.717, 1.165) is 0 Å². The van der Waals surface area contributed by atoms with Crippen LogP contribution in [-0.2, 0) is 6.42 Å². The molecule has 6 nitrogen and oxygen atoms in total. The summed E-state index contributed by atoms with van der Waals surface area (Å²) in [6.07, 6.45) is 0.372. The van der Waals surface area contributed by atoms with Crippen LogP contribution in [0, 0.1) is 5.82 Å². The number of anilines is 1. The van der Waals surface area contributed by atoms with E-state index in [9.17, 15) is 9.18 Å². The molecule has 0 saturated heterocycles. The number of halogens is 2. The van der Waals surface area contributed by atoms with Crippen LogP contribution >= 0.6 is 11.6 Å². The van der Waals surface area contributed by atoms with Crippen LogP contribution in [0.4, 0.5) is 14.9 Å². The number of nitrogens with one attached hydrogen (secondary N) is 2. The van der Waals surface area contributed by atoms with Gasteiger partial charge in [-0.2, -0.15) is 0 Å². The van der Waals surface area contributed by atoms with Crippen LogP contribution in [0.3, 0.4) is 0 Å². The molecule has 0 unspecified atom stereocenters. The molecule has 0 radical (unpaired) electrons. The fourth-order valence-electron chi connectivity index (χ4n) is 2.09. The summed E-state index contributed by atoms with van der Waals surface area (Å²) in [5.74, 6) is 0.346.